The molecule has 2 rings (SSSR count). The van der Waals surface area contributed by atoms with Gasteiger partial charge in [0.15, 0.2) is 0 Å². The van der Waals surface area contributed by atoms with Crippen molar-refractivity contribution in [2.75, 3.05) is 4.72 Å². The monoisotopic (exact) mass is 353 g/mol. The minimum absolute atomic E-state index is 0.290. The topological polar surface area (TPSA) is 46.2 Å². The van der Waals surface area contributed by atoms with E-state index in [0.29, 0.717) is 10.6 Å². The van der Waals surface area contributed by atoms with Crippen LogP contribution in [0.25, 0.3) is 0 Å². The number of hydrogen-bond donors (Lipinski definition) is 1. The van der Waals surface area contributed by atoms with Gasteiger partial charge in [-0.25, -0.2) is 8.42 Å². The molecule has 3 nitrogen and oxygen atoms in total. The SMILES string of the molecule is Cc1cc(C)c(S(=O)(=O)Nc2ccccc2C)cc1Br. The zero-order valence-electron chi connectivity index (χ0n) is 11.6. The fourth-order valence-electron chi connectivity index (χ4n) is 1.98. The first-order valence-electron chi connectivity index (χ1n) is 6.16. The van der Waals surface area contributed by atoms with Gasteiger partial charge in [0.1, 0.15) is 0 Å². The molecule has 20 heavy (non-hydrogen) atoms. The predicted octanol–water partition coefficient (Wildman–Crippen LogP) is 4.18. The highest BCUT2D eigenvalue weighted by Crippen LogP contribution is 2.26. The summed E-state index contributed by atoms with van der Waals surface area (Å²) in [5, 5.41) is 0. The number of benzene rings is 2. The minimum atomic E-state index is -3.59. The summed E-state index contributed by atoms with van der Waals surface area (Å²) in [6.45, 7) is 5.60. The Balaban J connectivity index is 2.47. The van der Waals surface area contributed by atoms with E-state index in [1.165, 1.54) is 0 Å². The summed E-state index contributed by atoms with van der Waals surface area (Å²) < 4.78 is 28.4. The Morgan fingerprint density at radius 2 is 1.60 bits per heavy atom. The first-order valence-corrected chi connectivity index (χ1v) is 8.44. The van der Waals surface area contributed by atoms with Crippen molar-refractivity contribution in [2.24, 2.45) is 0 Å². The Kier molecular flexibility index (Phi) is 4.20. The van der Waals surface area contributed by atoms with Crippen molar-refractivity contribution >= 4 is 31.6 Å². The molecule has 0 saturated carbocycles. The largest absolute Gasteiger partial charge is 0.279 e. The summed E-state index contributed by atoms with van der Waals surface area (Å²) >= 11 is 3.38. The quantitative estimate of drug-likeness (QED) is 0.899. The molecule has 0 saturated heterocycles. The zero-order chi connectivity index (χ0) is 14.9. The average Bonchev–Trinajstić information content (AvgIpc) is 2.36. The smallest absolute Gasteiger partial charge is 0.262 e. The number of sulfonamides is 1. The van der Waals surface area contributed by atoms with Gasteiger partial charge < -0.3 is 0 Å². The van der Waals surface area contributed by atoms with Crippen LogP contribution in [0.2, 0.25) is 0 Å². The summed E-state index contributed by atoms with van der Waals surface area (Å²) in [6.07, 6.45) is 0. The molecule has 0 unspecified atom stereocenters. The predicted molar refractivity (Wildman–Crippen MR) is 85.6 cm³/mol. The van der Waals surface area contributed by atoms with Crippen LogP contribution in [0.4, 0.5) is 5.69 Å². The number of hydrogen-bond acceptors (Lipinski definition) is 2. The van der Waals surface area contributed by atoms with Crippen molar-refractivity contribution in [3.05, 3.63) is 57.6 Å². The summed E-state index contributed by atoms with van der Waals surface area (Å²) in [5.41, 5.74) is 3.23. The molecule has 0 atom stereocenters. The summed E-state index contributed by atoms with van der Waals surface area (Å²) in [4.78, 5) is 0.290. The Morgan fingerprint density at radius 3 is 2.25 bits per heavy atom. The Morgan fingerprint density at radius 1 is 0.950 bits per heavy atom. The number of para-hydroxylation sites is 1. The Labute approximate surface area is 128 Å². The molecule has 0 aromatic heterocycles. The maximum absolute atomic E-state index is 12.5. The molecule has 106 valence electrons. The normalized spacial score (nSPS) is 11.4. The number of nitrogens with one attached hydrogen (secondary N) is 1. The van der Waals surface area contributed by atoms with Gasteiger partial charge in [0.25, 0.3) is 10.0 Å². The molecular weight excluding hydrogens is 338 g/mol. The lowest BCUT2D eigenvalue weighted by atomic mass is 10.2. The van der Waals surface area contributed by atoms with Crippen molar-refractivity contribution in [1.82, 2.24) is 0 Å². The lowest BCUT2D eigenvalue weighted by Gasteiger charge is -2.13. The number of rotatable bonds is 3. The van der Waals surface area contributed by atoms with E-state index in [0.717, 1.165) is 21.2 Å². The molecule has 2 aromatic rings. The highest BCUT2D eigenvalue weighted by molar-refractivity contribution is 9.10. The second kappa shape index (κ2) is 5.58. The van der Waals surface area contributed by atoms with Crippen LogP contribution >= 0.6 is 15.9 Å². The highest BCUT2D eigenvalue weighted by atomic mass is 79.9. The van der Waals surface area contributed by atoms with Crippen LogP contribution in [-0.4, -0.2) is 8.42 Å². The zero-order valence-corrected chi connectivity index (χ0v) is 14.0. The average molecular weight is 354 g/mol. The van der Waals surface area contributed by atoms with Crippen LogP contribution in [0.3, 0.4) is 0 Å². The van der Waals surface area contributed by atoms with Gasteiger partial charge in [-0.1, -0.05) is 40.2 Å². The fraction of sp³-hybridized carbons (Fsp3) is 0.200. The van der Waals surface area contributed by atoms with E-state index in [1.807, 2.05) is 38.1 Å². The van der Waals surface area contributed by atoms with Gasteiger partial charge in [0.05, 0.1) is 10.6 Å². The van der Waals surface area contributed by atoms with Gasteiger partial charge in [0, 0.05) is 4.47 Å². The number of anilines is 1. The van der Waals surface area contributed by atoms with Crippen molar-refractivity contribution in [1.29, 1.82) is 0 Å². The van der Waals surface area contributed by atoms with Gasteiger partial charge in [-0.05, 0) is 49.6 Å². The van der Waals surface area contributed by atoms with Crippen LogP contribution in [0, 0.1) is 20.8 Å². The third-order valence-electron chi connectivity index (χ3n) is 3.14. The molecule has 0 aliphatic rings. The molecule has 0 aliphatic carbocycles. The van der Waals surface area contributed by atoms with E-state index < -0.39 is 10.0 Å². The van der Waals surface area contributed by atoms with Crippen molar-refractivity contribution < 1.29 is 8.42 Å². The van der Waals surface area contributed by atoms with Gasteiger partial charge >= 0.3 is 0 Å². The van der Waals surface area contributed by atoms with E-state index in [1.54, 1.807) is 19.1 Å². The van der Waals surface area contributed by atoms with Crippen LogP contribution in [0.1, 0.15) is 16.7 Å². The van der Waals surface area contributed by atoms with Crippen LogP contribution in [-0.2, 0) is 10.0 Å². The van der Waals surface area contributed by atoms with Gasteiger partial charge in [-0.2, -0.15) is 0 Å². The summed E-state index contributed by atoms with van der Waals surface area (Å²) in [5.74, 6) is 0. The molecule has 0 amide bonds. The van der Waals surface area contributed by atoms with Crippen LogP contribution < -0.4 is 4.72 Å². The van der Waals surface area contributed by atoms with E-state index in [9.17, 15) is 8.42 Å². The van der Waals surface area contributed by atoms with Gasteiger partial charge in [0.2, 0.25) is 0 Å². The molecule has 1 N–H and O–H groups in total. The molecular formula is C15H16BrNO2S. The number of halogens is 1. The van der Waals surface area contributed by atoms with E-state index >= 15 is 0 Å². The van der Waals surface area contributed by atoms with Crippen LogP contribution in [0.5, 0.6) is 0 Å². The lowest BCUT2D eigenvalue weighted by molar-refractivity contribution is 0.600. The van der Waals surface area contributed by atoms with Crippen molar-refractivity contribution in [3.63, 3.8) is 0 Å². The van der Waals surface area contributed by atoms with Gasteiger partial charge in [-0.15, -0.1) is 0 Å². The van der Waals surface area contributed by atoms with E-state index in [2.05, 4.69) is 20.7 Å². The summed E-state index contributed by atoms with van der Waals surface area (Å²) in [6, 6.07) is 10.8. The molecule has 0 bridgehead atoms. The molecule has 0 aliphatic heterocycles. The van der Waals surface area contributed by atoms with Crippen molar-refractivity contribution in [2.45, 2.75) is 25.7 Å². The molecule has 5 heteroatoms. The second-order valence-corrected chi connectivity index (χ2v) is 7.29. The van der Waals surface area contributed by atoms with Gasteiger partial charge in [-0.3, -0.25) is 4.72 Å². The first-order chi connectivity index (χ1) is 9.31. The third kappa shape index (κ3) is 3.04. The molecule has 0 fully saturated rings. The lowest BCUT2D eigenvalue weighted by Crippen LogP contribution is -2.15. The Hall–Kier alpha value is -1.33. The second-order valence-electron chi connectivity index (χ2n) is 4.79. The molecule has 0 spiro atoms. The molecule has 2 aromatic carbocycles. The third-order valence-corrected chi connectivity index (χ3v) is 5.50. The first kappa shape index (κ1) is 15.1. The fourth-order valence-corrected chi connectivity index (χ4v) is 3.86. The maximum Gasteiger partial charge on any atom is 0.262 e. The van der Waals surface area contributed by atoms with E-state index in [-0.39, 0.29) is 0 Å². The van der Waals surface area contributed by atoms with E-state index in [4.69, 9.17) is 0 Å². The van der Waals surface area contributed by atoms with Crippen molar-refractivity contribution in [3.8, 4) is 0 Å². The summed E-state index contributed by atoms with van der Waals surface area (Å²) in [7, 11) is -3.59. The highest BCUT2D eigenvalue weighted by Gasteiger charge is 2.18. The van der Waals surface area contributed by atoms with Crippen LogP contribution in [0.15, 0.2) is 45.8 Å². The maximum atomic E-state index is 12.5. The Bertz CT molecular complexity index is 754. The standard InChI is InChI=1S/C15H16BrNO2S/c1-10-6-4-5-7-14(10)17-20(18,19)15-9-13(16)11(2)8-12(15)3/h4-9,17H,1-3H3. The molecule has 0 heterocycles. The number of aryl methyl sites for hydroxylation is 3. The molecule has 0 radical (unpaired) electrons. The minimum Gasteiger partial charge on any atom is -0.279 e.